The minimum absolute atomic E-state index is 0.103. The lowest BCUT2D eigenvalue weighted by atomic mass is 10.1. The molecule has 0 saturated heterocycles. The highest BCUT2D eigenvalue weighted by Crippen LogP contribution is 2.21. The van der Waals surface area contributed by atoms with Crippen molar-refractivity contribution in [2.75, 3.05) is 0 Å². The topological polar surface area (TPSA) is 52.3 Å². The summed E-state index contributed by atoms with van der Waals surface area (Å²) in [7, 11) is 0. The number of aromatic nitrogens is 1. The second-order valence-corrected chi connectivity index (χ2v) is 5.55. The summed E-state index contributed by atoms with van der Waals surface area (Å²) in [5, 5.41) is 5.75. The van der Waals surface area contributed by atoms with Crippen LogP contribution in [0.3, 0.4) is 0 Å². The molecule has 0 radical (unpaired) electrons. The Balaban J connectivity index is 1.65. The number of hydrogen-bond acceptors (Lipinski definition) is 5. The van der Waals surface area contributed by atoms with Gasteiger partial charge in [-0.05, 0) is 18.4 Å². The Kier molecular flexibility index (Phi) is 3.83. The molecule has 0 aliphatic heterocycles. The van der Waals surface area contributed by atoms with E-state index in [-0.39, 0.29) is 12.6 Å². The van der Waals surface area contributed by atoms with Crippen molar-refractivity contribution in [3.05, 3.63) is 64.0 Å². The number of ether oxygens (including phenoxy) is 1. The lowest BCUT2D eigenvalue weighted by Crippen LogP contribution is -2.03. The summed E-state index contributed by atoms with van der Waals surface area (Å²) in [6.45, 7) is 2.13. The maximum Gasteiger partial charge on any atom is 0.348 e. The van der Waals surface area contributed by atoms with Gasteiger partial charge in [0.25, 0.3) is 0 Å². The smallest absolute Gasteiger partial charge is 0.348 e. The first-order chi connectivity index (χ1) is 10.2. The molecule has 2 heterocycles. The van der Waals surface area contributed by atoms with Gasteiger partial charge < -0.3 is 9.26 Å². The highest BCUT2D eigenvalue weighted by atomic mass is 32.1. The van der Waals surface area contributed by atoms with Gasteiger partial charge in [0.2, 0.25) is 0 Å². The molecule has 3 rings (SSSR count). The minimum Gasteiger partial charge on any atom is -0.455 e. The van der Waals surface area contributed by atoms with Crippen LogP contribution in [0.15, 0.2) is 52.4 Å². The molecule has 106 valence electrons. The SMILES string of the molecule is Cc1ccc(-c2cc(COC(=O)c3cccs3)no2)cc1. The highest BCUT2D eigenvalue weighted by Gasteiger charge is 2.11. The van der Waals surface area contributed by atoms with Crippen LogP contribution in [0.2, 0.25) is 0 Å². The number of benzene rings is 1. The fourth-order valence-corrected chi connectivity index (χ4v) is 2.46. The Bertz CT molecular complexity index is 729. The van der Waals surface area contributed by atoms with Crippen molar-refractivity contribution in [1.82, 2.24) is 5.16 Å². The quantitative estimate of drug-likeness (QED) is 0.681. The fraction of sp³-hybridized carbons (Fsp3) is 0.125. The molecule has 21 heavy (non-hydrogen) atoms. The van der Waals surface area contributed by atoms with Crippen molar-refractivity contribution in [3.63, 3.8) is 0 Å². The Morgan fingerprint density at radius 2 is 2.10 bits per heavy atom. The molecule has 0 bridgehead atoms. The fourth-order valence-electron chi connectivity index (χ4n) is 1.84. The van der Waals surface area contributed by atoms with Gasteiger partial charge in [-0.3, -0.25) is 0 Å². The van der Waals surface area contributed by atoms with Gasteiger partial charge in [-0.1, -0.05) is 41.1 Å². The predicted molar refractivity (Wildman–Crippen MR) is 80.1 cm³/mol. The maximum absolute atomic E-state index is 11.7. The largest absolute Gasteiger partial charge is 0.455 e. The lowest BCUT2D eigenvalue weighted by Gasteiger charge is -1.98. The third-order valence-electron chi connectivity index (χ3n) is 2.97. The van der Waals surface area contributed by atoms with Crippen LogP contribution in [0.25, 0.3) is 11.3 Å². The van der Waals surface area contributed by atoms with Gasteiger partial charge in [0.05, 0.1) is 0 Å². The van der Waals surface area contributed by atoms with E-state index in [0.717, 1.165) is 5.56 Å². The van der Waals surface area contributed by atoms with Crippen LogP contribution in [0.4, 0.5) is 0 Å². The lowest BCUT2D eigenvalue weighted by molar-refractivity contribution is 0.0470. The predicted octanol–water partition coefficient (Wildman–Crippen LogP) is 4.07. The van der Waals surface area contributed by atoms with Gasteiger partial charge in [0.15, 0.2) is 5.76 Å². The molecular weight excluding hydrogens is 286 g/mol. The van der Waals surface area contributed by atoms with Gasteiger partial charge in [-0.2, -0.15) is 0 Å². The average Bonchev–Trinajstić information content (AvgIpc) is 3.17. The van der Waals surface area contributed by atoms with Crippen molar-refractivity contribution in [1.29, 1.82) is 0 Å². The molecule has 5 heteroatoms. The van der Waals surface area contributed by atoms with Gasteiger partial charge in [-0.25, -0.2) is 4.79 Å². The monoisotopic (exact) mass is 299 g/mol. The number of nitrogens with zero attached hydrogens (tertiary/aromatic N) is 1. The van der Waals surface area contributed by atoms with Gasteiger partial charge in [-0.15, -0.1) is 11.3 Å². The maximum atomic E-state index is 11.7. The molecule has 0 amide bonds. The molecule has 0 spiro atoms. The van der Waals surface area contributed by atoms with Crippen molar-refractivity contribution in [2.45, 2.75) is 13.5 Å². The molecule has 0 fully saturated rings. The molecule has 0 saturated carbocycles. The number of thiophene rings is 1. The summed E-state index contributed by atoms with van der Waals surface area (Å²) < 4.78 is 10.5. The number of rotatable bonds is 4. The summed E-state index contributed by atoms with van der Waals surface area (Å²) in [4.78, 5) is 12.3. The third-order valence-corrected chi connectivity index (χ3v) is 3.82. The van der Waals surface area contributed by atoms with E-state index in [9.17, 15) is 4.79 Å². The summed E-state index contributed by atoms with van der Waals surface area (Å²) >= 11 is 1.35. The van der Waals surface area contributed by atoms with E-state index in [1.807, 2.05) is 42.6 Å². The van der Waals surface area contributed by atoms with Gasteiger partial charge in [0.1, 0.15) is 17.2 Å². The summed E-state index contributed by atoms with van der Waals surface area (Å²) in [6.07, 6.45) is 0. The molecular formula is C16H13NO3S. The number of esters is 1. The van der Waals surface area contributed by atoms with Crippen molar-refractivity contribution < 1.29 is 14.1 Å². The Hall–Kier alpha value is -2.40. The summed E-state index contributed by atoms with van der Waals surface area (Å²) in [6, 6.07) is 13.3. The van der Waals surface area contributed by atoms with Crippen LogP contribution in [-0.4, -0.2) is 11.1 Å². The zero-order chi connectivity index (χ0) is 14.7. The Labute approximate surface area is 126 Å². The van der Waals surface area contributed by atoms with E-state index in [1.165, 1.54) is 16.9 Å². The summed E-state index contributed by atoms with van der Waals surface area (Å²) in [5.41, 5.74) is 2.72. The van der Waals surface area contributed by atoms with Crippen LogP contribution in [0.5, 0.6) is 0 Å². The van der Waals surface area contributed by atoms with E-state index in [0.29, 0.717) is 16.3 Å². The van der Waals surface area contributed by atoms with Crippen LogP contribution in [0, 0.1) is 6.92 Å². The highest BCUT2D eigenvalue weighted by molar-refractivity contribution is 7.11. The summed E-state index contributed by atoms with van der Waals surface area (Å²) in [5.74, 6) is 0.321. The van der Waals surface area contributed by atoms with E-state index in [4.69, 9.17) is 9.26 Å². The van der Waals surface area contributed by atoms with Crippen LogP contribution in [0.1, 0.15) is 20.9 Å². The first-order valence-corrected chi connectivity index (χ1v) is 7.33. The van der Waals surface area contributed by atoms with Gasteiger partial charge >= 0.3 is 5.97 Å². The Morgan fingerprint density at radius 1 is 1.29 bits per heavy atom. The van der Waals surface area contributed by atoms with E-state index in [2.05, 4.69) is 5.16 Å². The number of carbonyl (C=O) groups excluding carboxylic acids is 1. The molecule has 3 aromatic rings. The second kappa shape index (κ2) is 5.93. The third kappa shape index (κ3) is 3.20. The zero-order valence-electron chi connectivity index (χ0n) is 11.4. The molecule has 0 atom stereocenters. The first-order valence-electron chi connectivity index (χ1n) is 6.45. The number of carbonyl (C=O) groups is 1. The zero-order valence-corrected chi connectivity index (χ0v) is 12.2. The van der Waals surface area contributed by atoms with Gasteiger partial charge in [0, 0.05) is 11.6 Å². The van der Waals surface area contributed by atoms with Crippen molar-refractivity contribution >= 4 is 17.3 Å². The molecule has 1 aromatic carbocycles. The van der Waals surface area contributed by atoms with E-state index < -0.39 is 0 Å². The molecule has 0 aliphatic carbocycles. The molecule has 0 unspecified atom stereocenters. The molecule has 2 aromatic heterocycles. The Morgan fingerprint density at radius 3 is 2.81 bits per heavy atom. The van der Waals surface area contributed by atoms with Crippen molar-refractivity contribution in [3.8, 4) is 11.3 Å². The normalized spacial score (nSPS) is 10.5. The number of aryl methyl sites for hydroxylation is 1. The molecule has 4 nitrogen and oxygen atoms in total. The molecule has 0 aliphatic rings. The van der Waals surface area contributed by atoms with E-state index >= 15 is 0 Å². The molecule has 0 N–H and O–H groups in total. The average molecular weight is 299 g/mol. The first kappa shape index (κ1) is 13.6. The van der Waals surface area contributed by atoms with Crippen molar-refractivity contribution in [2.24, 2.45) is 0 Å². The minimum atomic E-state index is -0.343. The van der Waals surface area contributed by atoms with Crippen LogP contribution in [-0.2, 0) is 11.3 Å². The van der Waals surface area contributed by atoms with E-state index in [1.54, 1.807) is 12.1 Å². The standard InChI is InChI=1S/C16H13NO3S/c1-11-4-6-12(7-5-11)14-9-13(17-20-14)10-19-16(18)15-3-2-8-21-15/h2-9H,10H2,1H3. The second-order valence-electron chi connectivity index (χ2n) is 4.60. The van der Waals surface area contributed by atoms with Crippen LogP contribution < -0.4 is 0 Å². The van der Waals surface area contributed by atoms with Crippen LogP contribution >= 0.6 is 11.3 Å². The number of hydrogen-bond donors (Lipinski definition) is 0.